The van der Waals surface area contributed by atoms with Crippen LogP contribution < -0.4 is 16.0 Å². The minimum absolute atomic E-state index is 0.151. The van der Waals surface area contributed by atoms with Crippen LogP contribution in [0.1, 0.15) is 37.8 Å². The van der Waals surface area contributed by atoms with Crippen LogP contribution in [-0.2, 0) is 30.8 Å². The van der Waals surface area contributed by atoms with Gasteiger partial charge in [-0.2, -0.15) is 4.31 Å². The van der Waals surface area contributed by atoms with Crippen LogP contribution >= 0.6 is 0 Å². The lowest BCUT2D eigenvalue weighted by atomic mass is 10.0. The van der Waals surface area contributed by atoms with Gasteiger partial charge in [-0.1, -0.05) is 29.8 Å². The number of hydrogen-bond acceptors (Lipinski definition) is 5. The smallest absolute Gasteiger partial charge is 0.243 e. The molecule has 0 unspecified atom stereocenters. The van der Waals surface area contributed by atoms with Crippen LogP contribution in [0.2, 0.25) is 0 Å². The predicted molar refractivity (Wildman–Crippen MR) is 133 cm³/mol. The Balaban J connectivity index is 1.58. The molecular weight excluding hydrogens is 468 g/mol. The van der Waals surface area contributed by atoms with Crippen LogP contribution in [0, 0.1) is 6.92 Å². The van der Waals surface area contributed by atoms with Gasteiger partial charge in [0, 0.05) is 45.1 Å². The maximum Gasteiger partial charge on any atom is 0.243 e. The lowest BCUT2D eigenvalue weighted by Gasteiger charge is -2.32. The molecule has 2 aromatic carbocycles. The van der Waals surface area contributed by atoms with Gasteiger partial charge in [-0.05, 0) is 49.6 Å². The number of carbonyl (C=O) groups is 3. The highest BCUT2D eigenvalue weighted by molar-refractivity contribution is 7.89. The Morgan fingerprint density at radius 3 is 2.09 bits per heavy atom. The molecule has 0 bridgehead atoms. The highest BCUT2D eigenvalue weighted by Gasteiger charge is 2.31. The van der Waals surface area contributed by atoms with Crippen LogP contribution in [0.5, 0.6) is 0 Å². The molecule has 2 aromatic rings. The molecule has 1 aliphatic heterocycles. The van der Waals surface area contributed by atoms with E-state index in [1.54, 1.807) is 12.1 Å². The van der Waals surface area contributed by atoms with Crippen LogP contribution in [0.3, 0.4) is 0 Å². The van der Waals surface area contributed by atoms with E-state index in [9.17, 15) is 22.8 Å². The zero-order valence-corrected chi connectivity index (χ0v) is 21.0. The Labute approximate surface area is 206 Å². The van der Waals surface area contributed by atoms with Gasteiger partial charge in [-0.15, -0.1) is 0 Å². The SMILES string of the molecule is CC(=O)Nc1ccc(S(=O)(=O)N2CCC(NC(=O)[C@H](Cc3ccc(C)cc3)NC(C)=O)CC2)cc1. The number of benzene rings is 2. The highest BCUT2D eigenvalue weighted by atomic mass is 32.2. The van der Waals surface area contributed by atoms with Crippen molar-refractivity contribution in [2.75, 3.05) is 18.4 Å². The second-order valence-electron chi connectivity index (χ2n) is 8.84. The molecule has 0 aromatic heterocycles. The molecule has 188 valence electrons. The molecule has 0 radical (unpaired) electrons. The molecule has 1 aliphatic rings. The first-order chi connectivity index (χ1) is 16.5. The highest BCUT2D eigenvalue weighted by Crippen LogP contribution is 2.22. The van der Waals surface area contributed by atoms with Crippen molar-refractivity contribution in [1.82, 2.24) is 14.9 Å². The van der Waals surface area contributed by atoms with E-state index in [-0.39, 0.29) is 41.7 Å². The topological polar surface area (TPSA) is 125 Å². The first-order valence-electron chi connectivity index (χ1n) is 11.6. The lowest BCUT2D eigenvalue weighted by molar-refractivity contribution is -0.128. The van der Waals surface area contributed by atoms with E-state index in [4.69, 9.17) is 0 Å². The third-order valence-corrected chi connectivity index (χ3v) is 7.78. The Morgan fingerprint density at radius 2 is 1.54 bits per heavy atom. The first kappa shape index (κ1) is 26.4. The van der Waals surface area contributed by atoms with Gasteiger partial charge in [-0.25, -0.2) is 8.42 Å². The molecule has 3 rings (SSSR count). The Morgan fingerprint density at radius 1 is 0.943 bits per heavy atom. The molecular formula is C25H32N4O5S. The van der Waals surface area contributed by atoms with Crippen molar-refractivity contribution in [3.8, 4) is 0 Å². The van der Waals surface area contributed by atoms with E-state index in [2.05, 4.69) is 16.0 Å². The van der Waals surface area contributed by atoms with Crippen molar-refractivity contribution in [3.63, 3.8) is 0 Å². The average Bonchev–Trinajstić information content (AvgIpc) is 2.80. The Bertz CT molecular complexity index is 1160. The number of nitrogens with zero attached hydrogens (tertiary/aromatic N) is 1. The second kappa shape index (κ2) is 11.5. The van der Waals surface area contributed by atoms with E-state index in [1.807, 2.05) is 31.2 Å². The third kappa shape index (κ3) is 7.37. The van der Waals surface area contributed by atoms with Crippen LogP contribution in [0.4, 0.5) is 5.69 Å². The summed E-state index contributed by atoms with van der Waals surface area (Å²) in [7, 11) is -3.68. The Kier molecular flexibility index (Phi) is 8.63. The zero-order valence-electron chi connectivity index (χ0n) is 20.2. The van der Waals surface area contributed by atoms with Gasteiger partial charge in [0.05, 0.1) is 4.90 Å². The molecule has 10 heteroatoms. The summed E-state index contributed by atoms with van der Waals surface area (Å²) in [5.74, 6) is -0.803. The maximum atomic E-state index is 13.0. The number of rotatable bonds is 8. The second-order valence-corrected chi connectivity index (χ2v) is 10.8. The van der Waals surface area contributed by atoms with Gasteiger partial charge >= 0.3 is 0 Å². The minimum atomic E-state index is -3.68. The number of anilines is 1. The number of amides is 3. The largest absolute Gasteiger partial charge is 0.351 e. The molecule has 3 N–H and O–H groups in total. The number of carbonyl (C=O) groups excluding carboxylic acids is 3. The van der Waals surface area contributed by atoms with Gasteiger partial charge < -0.3 is 16.0 Å². The van der Waals surface area contributed by atoms with Crippen molar-refractivity contribution in [2.24, 2.45) is 0 Å². The molecule has 1 heterocycles. The molecule has 0 aliphatic carbocycles. The van der Waals surface area contributed by atoms with Crippen LogP contribution in [-0.4, -0.2) is 55.6 Å². The van der Waals surface area contributed by atoms with E-state index in [1.165, 1.54) is 30.3 Å². The molecule has 1 fully saturated rings. The summed E-state index contributed by atoms with van der Waals surface area (Å²) in [5, 5.41) is 8.31. The molecule has 1 atom stereocenters. The first-order valence-corrected chi connectivity index (χ1v) is 13.0. The van der Waals surface area contributed by atoms with E-state index in [0.29, 0.717) is 24.9 Å². The van der Waals surface area contributed by atoms with Crippen molar-refractivity contribution in [3.05, 3.63) is 59.7 Å². The van der Waals surface area contributed by atoms with Crippen molar-refractivity contribution < 1.29 is 22.8 Å². The number of aryl methyl sites for hydroxylation is 1. The zero-order chi connectivity index (χ0) is 25.6. The summed E-state index contributed by atoms with van der Waals surface area (Å²) in [6.45, 7) is 5.28. The predicted octanol–water partition coefficient (Wildman–Crippen LogP) is 1.97. The minimum Gasteiger partial charge on any atom is -0.351 e. The van der Waals surface area contributed by atoms with Crippen molar-refractivity contribution >= 4 is 33.4 Å². The molecule has 1 saturated heterocycles. The number of hydrogen-bond donors (Lipinski definition) is 3. The quantitative estimate of drug-likeness (QED) is 0.511. The van der Waals surface area contributed by atoms with Gasteiger partial charge in [0.15, 0.2) is 0 Å². The summed E-state index contributed by atoms with van der Waals surface area (Å²) in [6, 6.07) is 12.9. The van der Waals surface area contributed by atoms with Crippen molar-refractivity contribution in [2.45, 2.75) is 57.0 Å². The molecule has 0 saturated carbocycles. The third-order valence-electron chi connectivity index (χ3n) is 5.87. The summed E-state index contributed by atoms with van der Waals surface area (Å²) < 4.78 is 27.4. The summed E-state index contributed by atoms with van der Waals surface area (Å²) in [6.07, 6.45) is 1.30. The fourth-order valence-corrected chi connectivity index (χ4v) is 5.49. The molecule has 3 amide bonds. The summed E-state index contributed by atoms with van der Waals surface area (Å²) in [4.78, 5) is 35.9. The fourth-order valence-electron chi connectivity index (χ4n) is 4.02. The standard InChI is InChI=1S/C25H32N4O5S/c1-17-4-6-20(7-5-17)16-24(27-19(3)31)25(32)28-22-12-14-29(15-13-22)35(33,34)23-10-8-21(9-11-23)26-18(2)30/h4-11,22,24H,12-16H2,1-3H3,(H,26,30)(H,27,31)(H,28,32)/t24-/m0/s1. The van der Waals surface area contributed by atoms with E-state index in [0.717, 1.165) is 11.1 Å². The fraction of sp³-hybridized carbons (Fsp3) is 0.400. The normalized spacial score (nSPS) is 15.7. The van der Waals surface area contributed by atoms with Gasteiger partial charge in [0.25, 0.3) is 0 Å². The number of sulfonamides is 1. The van der Waals surface area contributed by atoms with Crippen LogP contribution in [0.15, 0.2) is 53.4 Å². The molecule has 0 spiro atoms. The molecule has 35 heavy (non-hydrogen) atoms. The Hall–Kier alpha value is -3.24. The maximum absolute atomic E-state index is 13.0. The van der Waals surface area contributed by atoms with E-state index >= 15 is 0 Å². The van der Waals surface area contributed by atoms with E-state index < -0.39 is 16.1 Å². The number of piperidine rings is 1. The van der Waals surface area contributed by atoms with Gasteiger partial charge in [0.1, 0.15) is 6.04 Å². The lowest BCUT2D eigenvalue weighted by Crippen LogP contribution is -2.53. The summed E-state index contributed by atoms with van der Waals surface area (Å²) >= 11 is 0. The van der Waals surface area contributed by atoms with Crippen LogP contribution in [0.25, 0.3) is 0 Å². The molecule has 9 nitrogen and oxygen atoms in total. The number of nitrogens with one attached hydrogen (secondary N) is 3. The van der Waals surface area contributed by atoms with Gasteiger partial charge in [-0.3, -0.25) is 14.4 Å². The monoisotopic (exact) mass is 500 g/mol. The summed E-state index contributed by atoms with van der Waals surface area (Å²) in [5.41, 5.74) is 2.58. The average molecular weight is 501 g/mol. The van der Waals surface area contributed by atoms with Gasteiger partial charge in [0.2, 0.25) is 27.7 Å². The van der Waals surface area contributed by atoms with Crippen molar-refractivity contribution in [1.29, 1.82) is 0 Å².